The van der Waals surface area contributed by atoms with Crippen LogP contribution in [0.5, 0.6) is 5.75 Å². The lowest BCUT2D eigenvalue weighted by atomic mass is 10.2. The lowest BCUT2D eigenvalue weighted by molar-refractivity contribution is 0.0935. The quantitative estimate of drug-likeness (QED) is 0.793. The van der Waals surface area contributed by atoms with E-state index in [4.69, 9.17) is 10.5 Å². The third-order valence-electron chi connectivity index (χ3n) is 2.33. The summed E-state index contributed by atoms with van der Waals surface area (Å²) in [6, 6.07) is 7.45. The van der Waals surface area contributed by atoms with Crippen LogP contribution in [0.3, 0.4) is 0 Å². The molecule has 2 N–H and O–H groups in total. The van der Waals surface area contributed by atoms with Crippen molar-refractivity contribution in [2.75, 3.05) is 26.7 Å². The molecule has 0 spiro atoms. The molecule has 0 aliphatic heterocycles. The van der Waals surface area contributed by atoms with E-state index in [0.29, 0.717) is 19.7 Å². The summed E-state index contributed by atoms with van der Waals surface area (Å²) < 4.78 is 29.5. The zero-order valence-electron chi connectivity index (χ0n) is 9.90. The molecule has 1 rings (SSSR count). The molecular formula is C12H18F2N2O. The molecule has 0 unspecified atom stereocenters. The molecule has 0 saturated carbocycles. The zero-order valence-corrected chi connectivity index (χ0v) is 9.90. The van der Waals surface area contributed by atoms with Gasteiger partial charge in [0.1, 0.15) is 12.4 Å². The highest BCUT2D eigenvalue weighted by Crippen LogP contribution is 2.12. The van der Waals surface area contributed by atoms with Crippen molar-refractivity contribution in [1.82, 2.24) is 4.90 Å². The van der Waals surface area contributed by atoms with Crippen molar-refractivity contribution in [2.24, 2.45) is 5.73 Å². The van der Waals surface area contributed by atoms with E-state index in [-0.39, 0.29) is 6.54 Å². The molecule has 0 fully saturated rings. The topological polar surface area (TPSA) is 38.5 Å². The van der Waals surface area contributed by atoms with Gasteiger partial charge in [0.15, 0.2) is 0 Å². The number of alkyl halides is 2. The summed E-state index contributed by atoms with van der Waals surface area (Å²) in [6.45, 7) is 1.09. The van der Waals surface area contributed by atoms with Gasteiger partial charge in [0.25, 0.3) is 6.43 Å². The molecule has 0 aromatic heterocycles. The summed E-state index contributed by atoms with van der Waals surface area (Å²) in [6.07, 6.45) is -2.31. The summed E-state index contributed by atoms with van der Waals surface area (Å²) in [5.41, 5.74) is 6.49. The monoisotopic (exact) mass is 244 g/mol. The minimum Gasteiger partial charge on any atom is -0.492 e. The third-order valence-corrected chi connectivity index (χ3v) is 2.33. The number of nitrogens with two attached hydrogens (primary N) is 1. The van der Waals surface area contributed by atoms with Gasteiger partial charge in [-0.1, -0.05) is 12.1 Å². The van der Waals surface area contributed by atoms with Gasteiger partial charge in [-0.05, 0) is 24.7 Å². The molecule has 17 heavy (non-hydrogen) atoms. The maximum atomic E-state index is 12.0. The molecule has 3 nitrogen and oxygen atoms in total. The van der Waals surface area contributed by atoms with E-state index < -0.39 is 6.43 Å². The second kappa shape index (κ2) is 7.19. The van der Waals surface area contributed by atoms with E-state index in [1.165, 1.54) is 4.90 Å². The van der Waals surface area contributed by atoms with Gasteiger partial charge in [-0.2, -0.15) is 0 Å². The molecule has 0 bridgehead atoms. The molecule has 1 aromatic carbocycles. The molecule has 5 heteroatoms. The summed E-state index contributed by atoms with van der Waals surface area (Å²) in [4.78, 5) is 1.54. The van der Waals surface area contributed by atoms with Gasteiger partial charge in [-0.3, -0.25) is 4.90 Å². The fourth-order valence-corrected chi connectivity index (χ4v) is 1.41. The first-order chi connectivity index (χ1) is 8.11. The van der Waals surface area contributed by atoms with E-state index >= 15 is 0 Å². The lowest BCUT2D eigenvalue weighted by Gasteiger charge is -2.16. The summed E-state index contributed by atoms with van der Waals surface area (Å²) >= 11 is 0. The average molecular weight is 244 g/mol. The van der Waals surface area contributed by atoms with Crippen molar-refractivity contribution in [3.8, 4) is 5.75 Å². The summed E-state index contributed by atoms with van der Waals surface area (Å²) in [5.74, 6) is 0.721. The van der Waals surface area contributed by atoms with E-state index in [9.17, 15) is 8.78 Å². The van der Waals surface area contributed by atoms with E-state index in [1.807, 2.05) is 24.3 Å². The van der Waals surface area contributed by atoms with E-state index in [2.05, 4.69) is 0 Å². The Balaban J connectivity index is 2.30. The molecule has 0 aliphatic rings. The Labute approximate surface area is 100 Å². The second-order valence-electron chi connectivity index (χ2n) is 3.85. The second-order valence-corrected chi connectivity index (χ2v) is 3.85. The first-order valence-electron chi connectivity index (χ1n) is 5.50. The van der Waals surface area contributed by atoms with Gasteiger partial charge in [-0.25, -0.2) is 8.78 Å². The van der Waals surface area contributed by atoms with Crippen molar-refractivity contribution < 1.29 is 13.5 Å². The molecule has 1 aromatic rings. The van der Waals surface area contributed by atoms with Crippen LogP contribution >= 0.6 is 0 Å². The number of rotatable bonds is 7. The molecule has 0 aliphatic carbocycles. The predicted octanol–water partition coefficient (Wildman–Crippen LogP) is 1.72. The Morgan fingerprint density at radius 2 is 2.18 bits per heavy atom. The lowest BCUT2D eigenvalue weighted by Crippen LogP contribution is -2.28. The standard InChI is InChI=1S/C12H18F2N2O/c1-16(9-12(13)14)5-6-17-11-4-2-3-10(7-11)8-15/h2-4,7,12H,5-6,8-9,15H2,1H3. The van der Waals surface area contributed by atoms with Crippen LogP contribution in [0.1, 0.15) is 5.56 Å². The summed E-state index contributed by atoms with van der Waals surface area (Å²) in [5, 5.41) is 0. The summed E-state index contributed by atoms with van der Waals surface area (Å²) in [7, 11) is 1.64. The first-order valence-corrected chi connectivity index (χ1v) is 5.50. The normalized spacial score (nSPS) is 11.2. The van der Waals surface area contributed by atoms with Crippen LogP contribution in [0.25, 0.3) is 0 Å². The van der Waals surface area contributed by atoms with Crippen LogP contribution in [0.2, 0.25) is 0 Å². The fourth-order valence-electron chi connectivity index (χ4n) is 1.41. The Morgan fingerprint density at radius 1 is 1.41 bits per heavy atom. The molecule has 0 saturated heterocycles. The predicted molar refractivity (Wildman–Crippen MR) is 63.3 cm³/mol. The van der Waals surface area contributed by atoms with Crippen LogP contribution in [-0.4, -0.2) is 38.1 Å². The van der Waals surface area contributed by atoms with Crippen molar-refractivity contribution in [1.29, 1.82) is 0 Å². The van der Waals surface area contributed by atoms with Gasteiger partial charge >= 0.3 is 0 Å². The van der Waals surface area contributed by atoms with Gasteiger partial charge in [0.2, 0.25) is 0 Å². The van der Waals surface area contributed by atoms with Crippen LogP contribution < -0.4 is 10.5 Å². The Kier molecular flexibility index (Phi) is 5.86. The average Bonchev–Trinajstić information content (AvgIpc) is 2.28. The minimum absolute atomic E-state index is 0.230. The van der Waals surface area contributed by atoms with Crippen molar-refractivity contribution in [2.45, 2.75) is 13.0 Å². The van der Waals surface area contributed by atoms with Gasteiger partial charge in [0.05, 0.1) is 6.54 Å². The van der Waals surface area contributed by atoms with Crippen molar-refractivity contribution in [3.05, 3.63) is 29.8 Å². The van der Waals surface area contributed by atoms with Gasteiger partial charge in [-0.15, -0.1) is 0 Å². The van der Waals surface area contributed by atoms with Crippen LogP contribution in [0.4, 0.5) is 8.78 Å². The number of hydrogen-bond acceptors (Lipinski definition) is 3. The van der Waals surface area contributed by atoms with Crippen molar-refractivity contribution in [3.63, 3.8) is 0 Å². The molecule has 96 valence electrons. The van der Waals surface area contributed by atoms with Crippen LogP contribution in [-0.2, 0) is 6.54 Å². The molecule has 0 atom stereocenters. The van der Waals surface area contributed by atoms with Crippen LogP contribution in [0, 0.1) is 0 Å². The number of hydrogen-bond donors (Lipinski definition) is 1. The maximum absolute atomic E-state index is 12.0. The Morgan fingerprint density at radius 3 is 2.82 bits per heavy atom. The van der Waals surface area contributed by atoms with Crippen LogP contribution in [0.15, 0.2) is 24.3 Å². The molecule has 0 amide bonds. The highest BCUT2D eigenvalue weighted by Gasteiger charge is 2.07. The molecule has 0 heterocycles. The SMILES string of the molecule is CN(CCOc1cccc(CN)c1)CC(F)F. The number of halogens is 2. The van der Waals surface area contributed by atoms with Crippen molar-refractivity contribution >= 4 is 0 Å². The Hall–Kier alpha value is -1.20. The maximum Gasteiger partial charge on any atom is 0.251 e. The zero-order chi connectivity index (χ0) is 12.7. The molecule has 0 radical (unpaired) electrons. The fraction of sp³-hybridized carbons (Fsp3) is 0.500. The number of benzene rings is 1. The number of ether oxygens (including phenoxy) is 1. The van der Waals surface area contributed by atoms with E-state index in [0.717, 1.165) is 11.3 Å². The smallest absolute Gasteiger partial charge is 0.251 e. The highest BCUT2D eigenvalue weighted by molar-refractivity contribution is 5.28. The Bertz CT molecular complexity index is 334. The van der Waals surface area contributed by atoms with E-state index in [1.54, 1.807) is 7.05 Å². The van der Waals surface area contributed by atoms with Gasteiger partial charge < -0.3 is 10.5 Å². The largest absolute Gasteiger partial charge is 0.492 e. The highest BCUT2D eigenvalue weighted by atomic mass is 19.3. The third kappa shape index (κ3) is 5.60. The molecular weight excluding hydrogens is 226 g/mol. The first kappa shape index (κ1) is 13.9. The van der Waals surface area contributed by atoms with Gasteiger partial charge in [0, 0.05) is 13.1 Å². The number of likely N-dealkylation sites (N-methyl/N-ethyl adjacent to an activating group) is 1. The minimum atomic E-state index is -2.31. The number of nitrogens with zero attached hydrogens (tertiary/aromatic N) is 1.